The third-order valence-electron chi connectivity index (χ3n) is 3.45. The van der Waals surface area contributed by atoms with E-state index in [9.17, 15) is 0 Å². The predicted octanol–water partition coefficient (Wildman–Crippen LogP) is 2.52. The van der Waals surface area contributed by atoms with E-state index in [1.165, 1.54) is 32.1 Å². The van der Waals surface area contributed by atoms with Gasteiger partial charge in [-0.2, -0.15) is 0 Å². The Balaban J connectivity index is 2.25. The summed E-state index contributed by atoms with van der Waals surface area (Å²) in [6, 6.07) is 1.50. The van der Waals surface area contributed by atoms with Gasteiger partial charge in [0.1, 0.15) is 0 Å². The molecule has 1 rings (SSSR count). The number of hydrogen-bond donors (Lipinski definition) is 1. The highest BCUT2D eigenvalue weighted by Gasteiger charge is 2.37. The van der Waals surface area contributed by atoms with Crippen molar-refractivity contribution < 1.29 is 13.3 Å². The molecule has 0 aliphatic heterocycles. The molecule has 1 fully saturated rings. The van der Waals surface area contributed by atoms with E-state index in [0.29, 0.717) is 12.8 Å². The molecule has 0 aromatic heterocycles. The van der Waals surface area contributed by atoms with E-state index in [4.69, 9.17) is 13.3 Å². The second-order valence-corrected chi connectivity index (χ2v) is 7.64. The van der Waals surface area contributed by atoms with Gasteiger partial charge in [-0.05, 0) is 12.8 Å². The molecule has 1 aliphatic carbocycles. The van der Waals surface area contributed by atoms with Gasteiger partial charge in [-0.25, -0.2) is 0 Å². The van der Waals surface area contributed by atoms with Crippen molar-refractivity contribution in [1.82, 2.24) is 5.32 Å². The number of rotatable bonds is 8. The van der Waals surface area contributed by atoms with E-state index in [1.807, 2.05) is 0 Å². The molecule has 1 aliphatic rings. The van der Waals surface area contributed by atoms with Crippen molar-refractivity contribution in [3.63, 3.8) is 0 Å². The average molecular weight is 261 g/mol. The van der Waals surface area contributed by atoms with Gasteiger partial charge in [0.05, 0.1) is 6.73 Å². The van der Waals surface area contributed by atoms with Gasteiger partial charge in [0.15, 0.2) is 0 Å². The lowest BCUT2D eigenvalue weighted by Crippen LogP contribution is -2.47. The molecule has 0 radical (unpaired) electrons. The maximum absolute atomic E-state index is 5.85. The zero-order valence-corrected chi connectivity index (χ0v) is 12.5. The molecule has 1 saturated carbocycles. The minimum absolute atomic E-state index is 0.554. The lowest BCUT2D eigenvalue weighted by atomic mass is 9.96. The first kappa shape index (κ1) is 15.1. The molecule has 0 unspecified atom stereocenters. The topological polar surface area (TPSA) is 39.7 Å². The Hall–Kier alpha value is 0.0569. The van der Waals surface area contributed by atoms with Crippen molar-refractivity contribution in [3.8, 4) is 0 Å². The quantitative estimate of drug-likeness (QED) is 0.538. The molecule has 17 heavy (non-hydrogen) atoms. The maximum Gasteiger partial charge on any atom is 0.501 e. The second kappa shape index (κ2) is 8.21. The molecular formula is C12H27NO3Si. The van der Waals surface area contributed by atoms with Crippen LogP contribution in [0.3, 0.4) is 0 Å². The minimum atomic E-state index is -2.39. The molecule has 0 spiro atoms. The Morgan fingerprint density at radius 1 is 1.12 bits per heavy atom. The smallest absolute Gasteiger partial charge is 0.377 e. The van der Waals surface area contributed by atoms with Crippen LogP contribution in [0, 0.1) is 0 Å². The van der Waals surface area contributed by atoms with Crippen LogP contribution in [0.25, 0.3) is 0 Å². The summed E-state index contributed by atoms with van der Waals surface area (Å²) in [6.07, 6.45) is 7.62. The van der Waals surface area contributed by atoms with Crippen molar-refractivity contribution in [3.05, 3.63) is 0 Å². The fourth-order valence-corrected chi connectivity index (χ4v) is 4.23. The molecular weight excluding hydrogens is 234 g/mol. The maximum atomic E-state index is 5.85. The third-order valence-corrected chi connectivity index (χ3v) is 6.39. The summed E-state index contributed by atoms with van der Waals surface area (Å²) in [5, 5.41) is 3.46. The molecule has 0 saturated heterocycles. The Kier molecular flexibility index (Phi) is 7.30. The van der Waals surface area contributed by atoms with Crippen molar-refractivity contribution in [2.75, 3.05) is 21.0 Å². The van der Waals surface area contributed by atoms with Crippen LogP contribution < -0.4 is 5.32 Å². The van der Waals surface area contributed by atoms with Gasteiger partial charge in [-0.1, -0.05) is 32.6 Å². The first-order chi connectivity index (χ1) is 8.26. The fraction of sp³-hybridized carbons (Fsp3) is 1.00. The third kappa shape index (κ3) is 5.05. The summed E-state index contributed by atoms with van der Waals surface area (Å²) in [7, 11) is 0.983. The van der Waals surface area contributed by atoms with Gasteiger partial charge in [0, 0.05) is 26.3 Å². The monoisotopic (exact) mass is 261 g/mol. The van der Waals surface area contributed by atoms with Crippen molar-refractivity contribution in [1.29, 1.82) is 0 Å². The van der Waals surface area contributed by atoms with E-state index >= 15 is 0 Å². The van der Waals surface area contributed by atoms with E-state index in [1.54, 1.807) is 14.2 Å². The van der Waals surface area contributed by atoms with Gasteiger partial charge in [0.2, 0.25) is 0 Å². The summed E-state index contributed by atoms with van der Waals surface area (Å²) >= 11 is 0. The van der Waals surface area contributed by atoms with Gasteiger partial charge in [0.25, 0.3) is 0 Å². The molecule has 0 heterocycles. The largest absolute Gasteiger partial charge is 0.501 e. The summed E-state index contributed by atoms with van der Waals surface area (Å²) < 4.78 is 16.8. The molecule has 0 aromatic rings. The number of nitrogens with one attached hydrogen (secondary N) is 1. The van der Waals surface area contributed by atoms with Crippen LogP contribution in [-0.2, 0) is 13.3 Å². The van der Waals surface area contributed by atoms with Crippen LogP contribution in [0.5, 0.6) is 0 Å². The molecule has 0 aromatic carbocycles. The lowest BCUT2D eigenvalue weighted by molar-refractivity contribution is 0.0837. The molecule has 1 N–H and O–H groups in total. The van der Waals surface area contributed by atoms with E-state index < -0.39 is 8.80 Å². The number of hydrogen-bond acceptors (Lipinski definition) is 4. The van der Waals surface area contributed by atoms with E-state index in [0.717, 1.165) is 12.5 Å². The molecule has 102 valence electrons. The van der Waals surface area contributed by atoms with Gasteiger partial charge in [-0.3, -0.25) is 5.32 Å². The zero-order valence-electron chi connectivity index (χ0n) is 11.5. The Morgan fingerprint density at radius 3 is 2.29 bits per heavy atom. The molecule has 4 nitrogen and oxygen atoms in total. The van der Waals surface area contributed by atoms with Crippen LogP contribution in [0.15, 0.2) is 0 Å². The van der Waals surface area contributed by atoms with Gasteiger partial charge in [-0.15, -0.1) is 0 Å². The first-order valence-electron chi connectivity index (χ1n) is 6.74. The summed E-state index contributed by atoms with van der Waals surface area (Å²) in [6.45, 7) is 2.68. The molecule has 0 bridgehead atoms. The van der Waals surface area contributed by atoms with Crippen molar-refractivity contribution in [2.24, 2.45) is 0 Å². The van der Waals surface area contributed by atoms with Crippen LogP contribution in [0.2, 0.25) is 6.04 Å². The Labute approximate surface area is 106 Å². The highest BCUT2D eigenvalue weighted by atomic mass is 28.4. The highest BCUT2D eigenvalue weighted by Crippen LogP contribution is 2.18. The van der Waals surface area contributed by atoms with E-state index in [2.05, 4.69) is 12.2 Å². The molecule has 0 atom stereocenters. The lowest BCUT2D eigenvalue weighted by Gasteiger charge is -2.28. The zero-order chi connectivity index (χ0) is 12.6. The van der Waals surface area contributed by atoms with Crippen molar-refractivity contribution >= 4 is 8.80 Å². The van der Waals surface area contributed by atoms with Crippen LogP contribution in [0.1, 0.15) is 45.4 Å². The van der Waals surface area contributed by atoms with Crippen LogP contribution in [0.4, 0.5) is 0 Å². The van der Waals surface area contributed by atoms with Crippen molar-refractivity contribution in [2.45, 2.75) is 57.5 Å². The molecule has 0 amide bonds. The standard InChI is InChI=1S/C12H27NO3Si/c1-4-10-17(14-2,15-3)16-11-13-12-8-6-5-7-9-12/h12-13H,4-11H2,1-3H3. The normalized spacial score (nSPS) is 18.5. The van der Waals surface area contributed by atoms with E-state index in [-0.39, 0.29) is 0 Å². The van der Waals surface area contributed by atoms with Gasteiger partial charge >= 0.3 is 8.80 Å². The highest BCUT2D eigenvalue weighted by molar-refractivity contribution is 6.60. The first-order valence-corrected chi connectivity index (χ1v) is 8.67. The van der Waals surface area contributed by atoms with Gasteiger partial charge < -0.3 is 13.3 Å². The SMILES string of the molecule is CCC[Si](OC)(OC)OCNC1CCCCC1. The second-order valence-electron chi connectivity index (χ2n) is 4.67. The Morgan fingerprint density at radius 2 is 1.76 bits per heavy atom. The summed E-state index contributed by atoms with van der Waals surface area (Å²) in [5.41, 5.74) is 0. The molecule has 5 heteroatoms. The fourth-order valence-electron chi connectivity index (χ4n) is 2.36. The van der Waals surface area contributed by atoms with Crippen LogP contribution in [-0.4, -0.2) is 35.8 Å². The van der Waals surface area contributed by atoms with Crippen LogP contribution >= 0.6 is 0 Å². The summed E-state index contributed by atoms with van der Waals surface area (Å²) in [5.74, 6) is 0. The summed E-state index contributed by atoms with van der Waals surface area (Å²) in [4.78, 5) is 0. The predicted molar refractivity (Wildman–Crippen MR) is 70.8 cm³/mol. The minimum Gasteiger partial charge on any atom is -0.377 e. The average Bonchev–Trinajstić information content (AvgIpc) is 2.39. The Bertz CT molecular complexity index is 194.